The molecule has 7 heteroatoms. The van der Waals surface area contributed by atoms with E-state index in [0.717, 1.165) is 41.9 Å². The van der Waals surface area contributed by atoms with E-state index < -0.39 is 0 Å². The minimum atomic E-state index is -0.0294. The molecule has 0 aliphatic carbocycles. The number of nitrogens with zero attached hydrogens (tertiary/aromatic N) is 3. The Balaban J connectivity index is 1.56. The lowest BCUT2D eigenvalue weighted by molar-refractivity contribution is -0.121. The highest BCUT2D eigenvalue weighted by Crippen LogP contribution is 2.20. The van der Waals surface area contributed by atoms with Gasteiger partial charge in [-0.3, -0.25) is 9.69 Å². The first-order valence-corrected chi connectivity index (χ1v) is 8.46. The van der Waals surface area contributed by atoms with E-state index in [-0.39, 0.29) is 11.8 Å². The van der Waals surface area contributed by atoms with Crippen molar-refractivity contribution in [2.24, 2.45) is 5.92 Å². The van der Waals surface area contributed by atoms with Crippen LogP contribution in [0.15, 0.2) is 33.4 Å². The van der Waals surface area contributed by atoms with E-state index in [4.69, 9.17) is 4.52 Å². The fourth-order valence-electron chi connectivity index (χ4n) is 2.80. The molecular weight excluding hydrogens is 360 g/mol. The fourth-order valence-corrected chi connectivity index (χ4v) is 3.04. The van der Waals surface area contributed by atoms with Gasteiger partial charge in [-0.25, -0.2) is 4.98 Å². The van der Waals surface area contributed by atoms with Crippen LogP contribution in [-0.4, -0.2) is 34.0 Å². The summed E-state index contributed by atoms with van der Waals surface area (Å²) in [6.07, 6.45) is 3.57. The largest absolute Gasteiger partial charge is 0.360 e. The van der Waals surface area contributed by atoms with Crippen molar-refractivity contribution < 1.29 is 9.32 Å². The highest BCUT2D eigenvalue weighted by atomic mass is 79.9. The number of hydrogen-bond acceptors (Lipinski definition) is 5. The summed E-state index contributed by atoms with van der Waals surface area (Å²) in [4.78, 5) is 18.9. The first-order valence-electron chi connectivity index (χ1n) is 7.67. The molecule has 3 heterocycles. The van der Waals surface area contributed by atoms with E-state index in [1.54, 1.807) is 12.3 Å². The number of amides is 1. The molecule has 0 aromatic carbocycles. The quantitative estimate of drug-likeness (QED) is 0.885. The van der Waals surface area contributed by atoms with Gasteiger partial charge < -0.3 is 9.84 Å². The van der Waals surface area contributed by atoms with E-state index in [2.05, 4.69) is 36.3 Å². The van der Waals surface area contributed by atoms with Crippen LogP contribution in [0.25, 0.3) is 0 Å². The molecule has 0 radical (unpaired) electrons. The Morgan fingerprint density at radius 3 is 3.09 bits per heavy atom. The van der Waals surface area contributed by atoms with Gasteiger partial charge in [0.2, 0.25) is 5.91 Å². The second-order valence-electron chi connectivity index (χ2n) is 5.86. The molecular formula is C16H19BrN4O2. The van der Waals surface area contributed by atoms with Crippen LogP contribution in [-0.2, 0) is 11.3 Å². The monoisotopic (exact) mass is 378 g/mol. The van der Waals surface area contributed by atoms with E-state index in [9.17, 15) is 4.79 Å². The zero-order valence-corrected chi connectivity index (χ0v) is 14.5. The summed E-state index contributed by atoms with van der Waals surface area (Å²) in [7, 11) is 0. The number of carbonyl (C=O) groups is 1. The lowest BCUT2D eigenvalue weighted by Crippen LogP contribution is -2.40. The van der Waals surface area contributed by atoms with Crippen LogP contribution >= 0.6 is 15.9 Å². The number of aryl methyl sites for hydroxylation is 1. The van der Waals surface area contributed by atoms with Crippen molar-refractivity contribution in [3.05, 3.63) is 40.3 Å². The van der Waals surface area contributed by atoms with E-state index >= 15 is 0 Å². The van der Waals surface area contributed by atoms with Gasteiger partial charge in [-0.15, -0.1) is 0 Å². The van der Waals surface area contributed by atoms with Gasteiger partial charge >= 0.3 is 0 Å². The molecule has 0 bridgehead atoms. The Bertz CT molecular complexity index is 671. The maximum absolute atomic E-state index is 12.4. The number of halogens is 1. The van der Waals surface area contributed by atoms with Gasteiger partial charge in [0.05, 0.1) is 18.2 Å². The van der Waals surface area contributed by atoms with Crippen molar-refractivity contribution in [3.63, 3.8) is 0 Å². The van der Waals surface area contributed by atoms with Crippen LogP contribution < -0.4 is 5.32 Å². The number of rotatable bonds is 4. The van der Waals surface area contributed by atoms with Crippen LogP contribution in [0.5, 0.6) is 0 Å². The third-order valence-corrected chi connectivity index (χ3v) is 4.38. The Morgan fingerprint density at radius 1 is 1.52 bits per heavy atom. The number of pyridine rings is 1. The Hall–Kier alpha value is -1.73. The maximum Gasteiger partial charge on any atom is 0.229 e. The summed E-state index contributed by atoms with van der Waals surface area (Å²) in [5.41, 5.74) is 0.882. The summed E-state index contributed by atoms with van der Waals surface area (Å²) in [6.45, 7) is 4.30. The van der Waals surface area contributed by atoms with E-state index in [1.807, 2.05) is 19.1 Å². The minimum absolute atomic E-state index is 0.0262. The smallest absolute Gasteiger partial charge is 0.229 e. The normalized spacial score (nSPS) is 18.8. The molecule has 2 aromatic rings. The average molecular weight is 379 g/mol. The van der Waals surface area contributed by atoms with Crippen molar-refractivity contribution in [3.8, 4) is 0 Å². The van der Waals surface area contributed by atoms with Gasteiger partial charge in [0.25, 0.3) is 0 Å². The molecule has 1 amide bonds. The van der Waals surface area contributed by atoms with Gasteiger partial charge in [0, 0.05) is 23.3 Å². The number of piperidine rings is 1. The van der Waals surface area contributed by atoms with Crippen LogP contribution in [0.4, 0.5) is 5.82 Å². The summed E-state index contributed by atoms with van der Waals surface area (Å²) in [6, 6.07) is 5.59. The molecule has 1 aliphatic heterocycles. The molecule has 23 heavy (non-hydrogen) atoms. The molecule has 6 nitrogen and oxygen atoms in total. The average Bonchev–Trinajstić information content (AvgIpc) is 2.95. The number of carbonyl (C=O) groups excluding carboxylic acids is 1. The van der Waals surface area contributed by atoms with Crippen molar-refractivity contribution in [2.75, 3.05) is 18.4 Å². The molecule has 1 saturated heterocycles. The highest BCUT2D eigenvalue weighted by molar-refractivity contribution is 9.10. The van der Waals surface area contributed by atoms with Crippen LogP contribution in [0.1, 0.15) is 24.3 Å². The van der Waals surface area contributed by atoms with Gasteiger partial charge in [-0.05, 0) is 54.4 Å². The lowest BCUT2D eigenvalue weighted by Gasteiger charge is -2.31. The maximum atomic E-state index is 12.4. The standard InChI is InChI=1S/C16H19BrN4O2/c1-11-7-14(23-20-11)10-21-6-2-3-12(9-21)16(22)19-15-5-4-13(17)8-18-15/h4-5,7-8,12H,2-3,6,9-10H2,1H3,(H,18,19,22). The Labute approximate surface area is 143 Å². The fraction of sp³-hybridized carbons (Fsp3) is 0.438. The molecule has 0 spiro atoms. The highest BCUT2D eigenvalue weighted by Gasteiger charge is 2.26. The summed E-state index contributed by atoms with van der Waals surface area (Å²) in [5.74, 6) is 1.43. The Kier molecular flexibility index (Phi) is 5.07. The van der Waals surface area contributed by atoms with Crippen LogP contribution in [0.2, 0.25) is 0 Å². The second-order valence-corrected chi connectivity index (χ2v) is 6.78. The predicted octanol–water partition coefficient (Wildman–Crippen LogP) is 2.99. The zero-order valence-electron chi connectivity index (χ0n) is 13.0. The minimum Gasteiger partial charge on any atom is -0.360 e. The third-order valence-electron chi connectivity index (χ3n) is 3.91. The molecule has 1 atom stereocenters. The number of nitrogens with one attached hydrogen (secondary N) is 1. The van der Waals surface area contributed by atoms with Crippen molar-refractivity contribution in [2.45, 2.75) is 26.3 Å². The molecule has 1 N–H and O–H groups in total. The van der Waals surface area contributed by atoms with E-state index in [1.165, 1.54) is 0 Å². The second kappa shape index (κ2) is 7.23. The van der Waals surface area contributed by atoms with Crippen molar-refractivity contribution in [1.29, 1.82) is 0 Å². The number of likely N-dealkylation sites (tertiary alicyclic amines) is 1. The lowest BCUT2D eigenvalue weighted by atomic mass is 9.97. The third kappa shape index (κ3) is 4.39. The SMILES string of the molecule is Cc1cc(CN2CCCC(C(=O)Nc3ccc(Br)cn3)C2)on1. The molecule has 1 fully saturated rings. The summed E-state index contributed by atoms with van der Waals surface area (Å²) < 4.78 is 6.15. The topological polar surface area (TPSA) is 71.3 Å². The molecule has 1 aliphatic rings. The predicted molar refractivity (Wildman–Crippen MR) is 89.8 cm³/mol. The number of aromatic nitrogens is 2. The van der Waals surface area contributed by atoms with E-state index in [0.29, 0.717) is 12.4 Å². The van der Waals surface area contributed by atoms with Gasteiger partial charge in [0.15, 0.2) is 5.76 Å². The number of hydrogen-bond donors (Lipinski definition) is 1. The van der Waals surface area contributed by atoms with Crippen LogP contribution in [0, 0.1) is 12.8 Å². The van der Waals surface area contributed by atoms with Gasteiger partial charge in [-0.1, -0.05) is 5.16 Å². The van der Waals surface area contributed by atoms with Gasteiger partial charge in [-0.2, -0.15) is 0 Å². The summed E-state index contributed by atoms with van der Waals surface area (Å²) >= 11 is 3.33. The Morgan fingerprint density at radius 2 is 2.39 bits per heavy atom. The molecule has 0 saturated carbocycles. The van der Waals surface area contributed by atoms with Gasteiger partial charge in [0.1, 0.15) is 5.82 Å². The molecule has 122 valence electrons. The zero-order chi connectivity index (χ0) is 16.2. The summed E-state index contributed by atoms with van der Waals surface area (Å²) in [5, 5.41) is 6.80. The molecule has 2 aromatic heterocycles. The molecule has 1 unspecified atom stereocenters. The van der Waals surface area contributed by atoms with Crippen molar-refractivity contribution in [1.82, 2.24) is 15.0 Å². The molecule has 3 rings (SSSR count). The number of anilines is 1. The first kappa shape index (κ1) is 16.1. The van der Waals surface area contributed by atoms with Crippen molar-refractivity contribution >= 4 is 27.7 Å². The first-order chi connectivity index (χ1) is 11.1. The van der Waals surface area contributed by atoms with Crippen LogP contribution in [0.3, 0.4) is 0 Å².